The molecule has 0 amide bonds. The second-order valence-electron chi connectivity index (χ2n) is 2.77. The highest BCUT2D eigenvalue weighted by Gasteiger charge is 2.14. The summed E-state index contributed by atoms with van der Waals surface area (Å²) in [4.78, 5) is 14.5. The molecule has 0 bridgehead atoms. The van der Waals surface area contributed by atoms with Crippen LogP contribution in [0.2, 0.25) is 0 Å². The van der Waals surface area contributed by atoms with E-state index in [9.17, 15) is 10.1 Å². The highest BCUT2D eigenvalue weighted by atomic mass is 32.2. The Kier molecular flexibility index (Phi) is 3.25. The minimum atomic E-state index is -0.405. The Labute approximate surface area is 80.5 Å². The molecule has 0 radical (unpaired) electrons. The summed E-state index contributed by atoms with van der Waals surface area (Å²) < 4.78 is 0. The van der Waals surface area contributed by atoms with Crippen LogP contribution in [0.3, 0.4) is 0 Å². The lowest BCUT2D eigenvalue weighted by Crippen LogP contribution is -1.94. The average Bonchev–Trinajstić information content (AvgIpc) is 2.03. The number of nitrogens with zero attached hydrogens (tertiary/aromatic N) is 2. The fourth-order valence-corrected chi connectivity index (χ4v) is 1.76. The molecule has 0 aliphatic carbocycles. The van der Waals surface area contributed by atoms with Gasteiger partial charge in [-0.25, -0.2) is 0 Å². The van der Waals surface area contributed by atoms with E-state index in [0.29, 0.717) is 10.1 Å². The molecule has 0 spiro atoms. The Morgan fingerprint density at radius 2 is 2.31 bits per heavy atom. The lowest BCUT2D eigenvalue weighted by molar-refractivity contribution is -0.388. The van der Waals surface area contributed by atoms with Gasteiger partial charge in [0.15, 0.2) is 0 Å². The van der Waals surface area contributed by atoms with Gasteiger partial charge in [0.05, 0.1) is 9.82 Å². The second-order valence-corrected chi connectivity index (χ2v) is 4.39. The number of thioether (sulfide) groups is 1. The van der Waals surface area contributed by atoms with Crippen molar-refractivity contribution in [1.29, 1.82) is 0 Å². The van der Waals surface area contributed by atoms with Crippen molar-refractivity contribution in [2.45, 2.75) is 24.0 Å². The van der Waals surface area contributed by atoms with E-state index >= 15 is 0 Å². The van der Waals surface area contributed by atoms with E-state index in [-0.39, 0.29) is 5.69 Å². The van der Waals surface area contributed by atoms with Crippen LogP contribution in [0, 0.1) is 10.1 Å². The molecule has 0 unspecified atom stereocenters. The molecular weight excluding hydrogens is 188 g/mol. The van der Waals surface area contributed by atoms with Crippen LogP contribution in [-0.2, 0) is 0 Å². The van der Waals surface area contributed by atoms with E-state index in [1.807, 2.05) is 13.8 Å². The van der Waals surface area contributed by atoms with E-state index in [1.54, 1.807) is 12.3 Å². The first kappa shape index (κ1) is 9.98. The fourth-order valence-electron chi connectivity index (χ4n) is 0.864. The summed E-state index contributed by atoms with van der Waals surface area (Å²) in [6.45, 7) is 3.99. The minimum absolute atomic E-state index is 0.0844. The summed E-state index contributed by atoms with van der Waals surface area (Å²) in [5.41, 5.74) is 0.0844. The van der Waals surface area contributed by atoms with Gasteiger partial charge in [-0.3, -0.25) is 15.1 Å². The van der Waals surface area contributed by atoms with E-state index in [0.717, 1.165) is 0 Å². The lowest BCUT2D eigenvalue weighted by Gasteiger charge is -2.03. The van der Waals surface area contributed by atoms with Crippen LogP contribution in [0.5, 0.6) is 0 Å². The molecule has 0 aliphatic heterocycles. The van der Waals surface area contributed by atoms with Crippen LogP contribution < -0.4 is 0 Å². The van der Waals surface area contributed by atoms with E-state index in [2.05, 4.69) is 4.98 Å². The standard InChI is InChI=1S/C8H10N2O2S/c1-6(2)13-8-3-4-9-5-7(8)10(11)12/h3-6H,1-2H3. The maximum Gasteiger partial charge on any atom is 0.300 e. The molecule has 0 atom stereocenters. The third kappa shape index (κ3) is 2.69. The Balaban J connectivity index is 2.98. The van der Waals surface area contributed by atoms with Gasteiger partial charge in [-0.1, -0.05) is 13.8 Å². The monoisotopic (exact) mass is 198 g/mol. The largest absolute Gasteiger partial charge is 0.300 e. The van der Waals surface area contributed by atoms with Gasteiger partial charge in [0, 0.05) is 11.4 Å². The average molecular weight is 198 g/mol. The zero-order chi connectivity index (χ0) is 9.84. The Morgan fingerprint density at radius 1 is 1.62 bits per heavy atom. The Bertz CT molecular complexity index is 315. The van der Waals surface area contributed by atoms with E-state index < -0.39 is 4.92 Å². The van der Waals surface area contributed by atoms with Crippen molar-refractivity contribution in [1.82, 2.24) is 4.98 Å². The van der Waals surface area contributed by atoms with E-state index in [1.165, 1.54) is 18.0 Å². The molecule has 0 aromatic carbocycles. The van der Waals surface area contributed by atoms with Gasteiger partial charge in [0.25, 0.3) is 0 Å². The number of hydrogen-bond donors (Lipinski definition) is 0. The molecule has 1 rings (SSSR count). The van der Waals surface area contributed by atoms with Crippen LogP contribution in [0.15, 0.2) is 23.4 Å². The molecule has 0 fully saturated rings. The molecule has 4 nitrogen and oxygen atoms in total. The smallest absolute Gasteiger partial charge is 0.258 e. The molecular formula is C8H10N2O2S. The molecule has 1 aromatic rings. The number of pyridine rings is 1. The SMILES string of the molecule is CC(C)Sc1ccncc1[N+](=O)[O-]. The molecule has 1 heterocycles. The predicted octanol–water partition coefficient (Wildman–Crippen LogP) is 2.49. The molecule has 5 heteroatoms. The van der Waals surface area contributed by atoms with Crippen molar-refractivity contribution < 1.29 is 4.92 Å². The summed E-state index contributed by atoms with van der Waals surface area (Å²) in [7, 11) is 0. The summed E-state index contributed by atoms with van der Waals surface area (Å²) in [5, 5.41) is 10.9. The first-order valence-corrected chi connectivity index (χ1v) is 4.74. The lowest BCUT2D eigenvalue weighted by atomic mass is 10.4. The minimum Gasteiger partial charge on any atom is -0.258 e. The summed E-state index contributed by atoms with van der Waals surface area (Å²) in [6.07, 6.45) is 2.85. The van der Waals surface area contributed by atoms with Gasteiger partial charge in [-0.15, -0.1) is 11.8 Å². The summed E-state index contributed by atoms with van der Waals surface area (Å²) in [5.74, 6) is 0. The van der Waals surface area contributed by atoms with Crippen molar-refractivity contribution in [3.63, 3.8) is 0 Å². The summed E-state index contributed by atoms with van der Waals surface area (Å²) in [6, 6.07) is 1.67. The van der Waals surface area contributed by atoms with Gasteiger partial charge in [-0.05, 0) is 6.07 Å². The number of nitro groups is 1. The van der Waals surface area contributed by atoms with E-state index in [4.69, 9.17) is 0 Å². The number of rotatable bonds is 3. The molecule has 1 aromatic heterocycles. The van der Waals surface area contributed by atoms with Gasteiger partial charge in [0.1, 0.15) is 6.20 Å². The van der Waals surface area contributed by atoms with Crippen molar-refractivity contribution in [3.8, 4) is 0 Å². The number of hydrogen-bond acceptors (Lipinski definition) is 4. The normalized spacial score (nSPS) is 10.4. The first-order chi connectivity index (χ1) is 6.11. The maximum absolute atomic E-state index is 10.6. The van der Waals surface area contributed by atoms with Crippen molar-refractivity contribution in [3.05, 3.63) is 28.6 Å². The fraction of sp³-hybridized carbons (Fsp3) is 0.375. The predicted molar refractivity (Wildman–Crippen MR) is 51.9 cm³/mol. The van der Waals surface area contributed by atoms with Gasteiger partial charge >= 0.3 is 5.69 Å². The van der Waals surface area contributed by atoms with Crippen LogP contribution >= 0.6 is 11.8 Å². The van der Waals surface area contributed by atoms with Gasteiger partial charge in [0.2, 0.25) is 0 Å². The highest BCUT2D eigenvalue weighted by Crippen LogP contribution is 2.30. The summed E-state index contributed by atoms with van der Waals surface area (Å²) >= 11 is 1.47. The first-order valence-electron chi connectivity index (χ1n) is 3.86. The zero-order valence-electron chi connectivity index (χ0n) is 7.43. The third-order valence-corrected chi connectivity index (χ3v) is 2.39. The molecule has 0 saturated heterocycles. The molecule has 0 aliphatic rings. The zero-order valence-corrected chi connectivity index (χ0v) is 8.25. The van der Waals surface area contributed by atoms with Crippen LogP contribution in [0.25, 0.3) is 0 Å². The second kappa shape index (κ2) is 4.23. The maximum atomic E-state index is 10.6. The van der Waals surface area contributed by atoms with Crippen molar-refractivity contribution >= 4 is 17.4 Å². The highest BCUT2D eigenvalue weighted by molar-refractivity contribution is 8.00. The van der Waals surface area contributed by atoms with Crippen LogP contribution in [0.4, 0.5) is 5.69 Å². The van der Waals surface area contributed by atoms with Gasteiger partial charge < -0.3 is 0 Å². The molecule has 0 saturated carbocycles. The van der Waals surface area contributed by atoms with Gasteiger partial charge in [-0.2, -0.15) is 0 Å². The Morgan fingerprint density at radius 3 is 2.85 bits per heavy atom. The van der Waals surface area contributed by atoms with Crippen molar-refractivity contribution in [2.24, 2.45) is 0 Å². The molecule has 13 heavy (non-hydrogen) atoms. The van der Waals surface area contributed by atoms with Crippen LogP contribution in [0.1, 0.15) is 13.8 Å². The van der Waals surface area contributed by atoms with Crippen molar-refractivity contribution in [2.75, 3.05) is 0 Å². The quantitative estimate of drug-likeness (QED) is 0.425. The topological polar surface area (TPSA) is 56.0 Å². The Hall–Kier alpha value is -1.10. The van der Waals surface area contributed by atoms with Crippen LogP contribution in [-0.4, -0.2) is 15.2 Å². The third-order valence-electron chi connectivity index (χ3n) is 1.32. The number of aromatic nitrogens is 1. The molecule has 70 valence electrons. The molecule has 0 N–H and O–H groups in total.